The predicted molar refractivity (Wildman–Crippen MR) is 110 cm³/mol. The summed E-state index contributed by atoms with van der Waals surface area (Å²) in [6.07, 6.45) is 0.865. The van der Waals surface area contributed by atoms with E-state index in [-0.39, 0.29) is 6.04 Å². The lowest BCUT2D eigenvalue weighted by molar-refractivity contribution is 0.0552. The molecule has 2 saturated heterocycles. The Kier molecular flexibility index (Phi) is 8.09. The number of benzene rings is 1. The summed E-state index contributed by atoms with van der Waals surface area (Å²) in [7, 11) is 1.76. The minimum Gasteiger partial charge on any atom is -0.465 e. The van der Waals surface area contributed by atoms with Gasteiger partial charge in [0.15, 0.2) is 0 Å². The minimum atomic E-state index is -0.910. The highest BCUT2D eigenvalue weighted by Gasteiger charge is 2.28. The van der Waals surface area contributed by atoms with E-state index in [1.54, 1.807) is 7.11 Å². The molecule has 2 fully saturated rings. The van der Waals surface area contributed by atoms with Gasteiger partial charge in [-0.15, -0.1) is 0 Å². The standard InChI is InChI=1S/C21H34N4O3/c1-28-16-15-23-11-13-25(14-12-23)20(18-5-3-2-4-6-18)17-24-9-7-19(8-10-24)22-21(26)27/h2-6,19-20,22H,7-17H2,1H3,(H,26,27). The molecule has 0 aliphatic carbocycles. The van der Waals surface area contributed by atoms with Crippen molar-refractivity contribution in [1.29, 1.82) is 0 Å². The van der Waals surface area contributed by atoms with Gasteiger partial charge in [-0.05, 0) is 18.4 Å². The van der Waals surface area contributed by atoms with Crippen LogP contribution in [-0.4, -0.2) is 98.0 Å². The molecule has 0 saturated carbocycles. The van der Waals surface area contributed by atoms with Gasteiger partial charge in [-0.25, -0.2) is 4.79 Å². The summed E-state index contributed by atoms with van der Waals surface area (Å²) in [5.41, 5.74) is 1.37. The number of hydrogen-bond donors (Lipinski definition) is 2. The number of nitrogens with zero attached hydrogens (tertiary/aromatic N) is 3. The molecule has 1 unspecified atom stereocenters. The zero-order valence-electron chi connectivity index (χ0n) is 16.9. The maximum Gasteiger partial charge on any atom is 0.404 e. The van der Waals surface area contributed by atoms with Gasteiger partial charge in [0.2, 0.25) is 0 Å². The summed E-state index contributed by atoms with van der Waals surface area (Å²) < 4.78 is 5.22. The van der Waals surface area contributed by atoms with Gasteiger partial charge < -0.3 is 20.1 Å². The van der Waals surface area contributed by atoms with E-state index >= 15 is 0 Å². The number of amides is 1. The lowest BCUT2D eigenvalue weighted by Gasteiger charge is -2.42. The summed E-state index contributed by atoms with van der Waals surface area (Å²) >= 11 is 0. The van der Waals surface area contributed by atoms with Crippen molar-refractivity contribution in [3.05, 3.63) is 35.9 Å². The summed E-state index contributed by atoms with van der Waals surface area (Å²) in [4.78, 5) is 18.5. The maximum atomic E-state index is 10.9. The van der Waals surface area contributed by atoms with E-state index in [1.165, 1.54) is 5.56 Å². The smallest absolute Gasteiger partial charge is 0.404 e. The van der Waals surface area contributed by atoms with E-state index in [1.807, 2.05) is 0 Å². The fourth-order valence-electron chi connectivity index (χ4n) is 4.30. The second-order valence-electron chi connectivity index (χ2n) is 7.82. The highest BCUT2D eigenvalue weighted by Crippen LogP contribution is 2.25. The molecule has 0 spiro atoms. The SMILES string of the molecule is COCCN1CCN(C(CN2CCC(NC(=O)O)CC2)c2ccccc2)CC1. The van der Waals surface area contributed by atoms with Gasteiger partial charge in [0.05, 0.1) is 6.61 Å². The molecule has 7 nitrogen and oxygen atoms in total. The Bertz CT molecular complexity index is 585. The van der Waals surface area contributed by atoms with Crippen LogP contribution in [0.2, 0.25) is 0 Å². The highest BCUT2D eigenvalue weighted by atomic mass is 16.5. The first-order chi connectivity index (χ1) is 13.7. The fourth-order valence-corrected chi connectivity index (χ4v) is 4.30. The van der Waals surface area contributed by atoms with E-state index in [0.29, 0.717) is 6.04 Å². The third-order valence-electron chi connectivity index (χ3n) is 5.99. The Morgan fingerprint density at radius 1 is 1.11 bits per heavy atom. The molecule has 0 aromatic heterocycles. The molecule has 0 radical (unpaired) electrons. The van der Waals surface area contributed by atoms with E-state index < -0.39 is 6.09 Å². The molecule has 0 bridgehead atoms. The van der Waals surface area contributed by atoms with Gasteiger partial charge in [-0.1, -0.05) is 30.3 Å². The summed E-state index contributed by atoms with van der Waals surface area (Å²) in [6.45, 7) is 8.99. The second kappa shape index (κ2) is 10.8. The number of carboxylic acid groups (broad SMARTS) is 1. The topological polar surface area (TPSA) is 68.3 Å². The molecule has 2 heterocycles. The van der Waals surface area contributed by atoms with Crippen LogP contribution in [0, 0.1) is 0 Å². The molecule has 3 rings (SSSR count). The minimum absolute atomic E-state index is 0.0910. The molecule has 2 aliphatic heterocycles. The zero-order chi connectivity index (χ0) is 19.8. The molecule has 1 amide bonds. The highest BCUT2D eigenvalue weighted by molar-refractivity contribution is 5.64. The van der Waals surface area contributed by atoms with Gasteiger partial charge in [0, 0.05) is 71.6 Å². The van der Waals surface area contributed by atoms with Crippen LogP contribution in [-0.2, 0) is 4.74 Å². The number of rotatable bonds is 8. The Balaban J connectivity index is 1.57. The number of carbonyl (C=O) groups is 1. The van der Waals surface area contributed by atoms with Gasteiger partial charge in [-0.3, -0.25) is 9.80 Å². The van der Waals surface area contributed by atoms with Crippen molar-refractivity contribution in [1.82, 2.24) is 20.0 Å². The molecule has 7 heteroatoms. The van der Waals surface area contributed by atoms with Crippen LogP contribution in [0.3, 0.4) is 0 Å². The zero-order valence-corrected chi connectivity index (χ0v) is 16.9. The number of piperazine rings is 1. The van der Waals surface area contributed by atoms with Crippen molar-refractivity contribution in [2.45, 2.75) is 24.9 Å². The molecule has 1 aromatic rings. The van der Waals surface area contributed by atoms with E-state index in [0.717, 1.165) is 71.8 Å². The quantitative estimate of drug-likeness (QED) is 0.705. The molecule has 156 valence electrons. The van der Waals surface area contributed by atoms with Crippen molar-refractivity contribution in [2.75, 3.05) is 66.1 Å². The average Bonchev–Trinajstić information content (AvgIpc) is 2.72. The van der Waals surface area contributed by atoms with Crippen LogP contribution in [0.4, 0.5) is 4.79 Å². The Labute approximate surface area is 168 Å². The van der Waals surface area contributed by atoms with Crippen molar-refractivity contribution in [3.8, 4) is 0 Å². The van der Waals surface area contributed by atoms with Crippen molar-refractivity contribution >= 4 is 6.09 Å². The van der Waals surface area contributed by atoms with E-state index in [9.17, 15) is 4.79 Å². The summed E-state index contributed by atoms with van der Waals surface area (Å²) in [5, 5.41) is 11.6. The Morgan fingerprint density at radius 2 is 1.79 bits per heavy atom. The van der Waals surface area contributed by atoms with E-state index in [4.69, 9.17) is 9.84 Å². The third-order valence-corrected chi connectivity index (χ3v) is 5.99. The van der Waals surface area contributed by atoms with Crippen LogP contribution < -0.4 is 5.32 Å². The molecule has 2 aliphatic rings. The van der Waals surface area contributed by atoms with Crippen molar-refractivity contribution < 1.29 is 14.6 Å². The first-order valence-electron chi connectivity index (χ1n) is 10.4. The number of hydrogen-bond acceptors (Lipinski definition) is 5. The Morgan fingerprint density at radius 3 is 2.39 bits per heavy atom. The van der Waals surface area contributed by atoms with Gasteiger partial charge in [0.25, 0.3) is 0 Å². The van der Waals surface area contributed by atoms with Gasteiger partial charge in [0.1, 0.15) is 0 Å². The first-order valence-corrected chi connectivity index (χ1v) is 10.4. The van der Waals surface area contributed by atoms with Crippen LogP contribution in [0.15, 0.2) is 30.3 Å². The number of nitrogens with one attached hydrogen (secondary N) is 1. The summed E-state index contributed by atoms with van der Waals surface area (Å²) in [5.74, 6) is 0. The molecule has 28 heavy (non-hydrogen) atoms. The number of methoxy groups -OCH3 is 1. The summed E-state index contributed by atoms with van der Waals surface area (Å²) in [6, 6.07) is 11.3. The first kappa shape index (κ1) is 21.0. The monoisotopic (exact) mass is 390 g/mol. The number of ether oxygens (including phenoxy) is 1. The molecule has 1 atom stereocenters. The van der Waals surface area contributed by atoms with Crippen molar-refractivity contribution in [3.63, 3.8) is 0 Å². The lowest BCUT2D eigenvalue weighted by Crippen LogP contribution is -2.51. The van der Waals surface area contributed by atoms with Crippen LogP contribution in [0.25, 0.3) is 0 Å². The largest absolute Gasteiger partial charge is 0.465 e. The number of likely N-dealkylation sites (tertiary alicyclic amines) is 1. The Hall–Kier alpha value is -1.67. The van der Waals surface area contributed by atoms with Gasteiger partial charge in [-0.2, -0.15) is 0 Å². The molecule has 1 aromatic carbocycles. The maximum absolute atomic E-state index is 10.9. The van der Waals surface area contributed by atoms with Crippen LogP contribution >= 0.6 is 0 Å². The van der Waals surface area contributed by atoms with Crippen LogP contribution in [0.5, 0.6) is 0 Å². The molecular weight excluding hydrogens is 356 g/mol. The van der Waals surface area contributed by atoms with Crippen LogP contribution in [0.1, 0.15) is 24.4 Å². The lowest BCUT2D eigenvalue weighted by atomic mass is 10.0. The van der Waals surface area contributed by atoms with Crippen molar-refractivity contribution in [2.24, 2.45) is 0 Å². The fraction of sp³-hybridized carbons (Fsp3) is 0.667. The third kappa shape index (κ3) is 6.17. The van der Waals surface area contributed by atoms with E-state index in [2.05, 4.69) is 50.3 Å². The normalized spacial score (nSPS) is 21.5. The number of piperidine rings is 1. The molecular formula is C21H34N4O3. The second-order valence-corrected chi connectivity index (χ2v) is 7.82. The average molecular weight is 391 g/mol. The predicted octanol–water partition coefficient (Wildman–Crippen LogP) is 1.72. The molecule has 2 N–H and O–H groups in total. The van der Waals surface area contributed by atoms with Gasteiger partial charge >= 0.3 is 6.09 Å².